The number of unbranched alkanes of at least 4 members (excludes halogenated alkanes) is 13. The lowest BCUT2D eigenvalue weighted by atomic mass is 10.1. The van der Waals surface area contributed by atoms with Crippen LogP contribution in [-0.2, 0) is 19.1 Å². The van der Waals surface area contributed by atoms with E-state index in [1.807, 2.05) is 0 Å². The standard InChI is InChI=1S/C24H45ClO4/c1-2-3-4-16-21-28-23(26)18-13-9-5-6-10-14-19-24(27)29-22-17-12-8-7-11-15-20-25/h2-22H2,1H3. The lowest BCUT2D eigenvalue weighted by molar-refractivity contribution is -0.144. The van der Waals surface area contributed by atoms with Gasteiger partial charge < -0.3 is 9.47 Å². The highest BCUT2D eigenvalue weighted by Crippen LogP contribution is 2.11. The van der Waals surface area contributed by atoms with E-state index >= 15 is 0 Å². The average molecular weight is 433 g/mol. The number of hydrogen-bond donors (Lipinski definition) is 0. The monoisotopic (exact) mass is 432 g/mol. The molecule has 172 valence electrons. The highest BCUT2D eigenvalue weighted by atomic mass is 35.5. The molecule has 0 atom stereocenters. The molecule has 0 N–H and O–H groups in total. The summed E-state index contributed by atoms with van der Waals surface area (Å²) in [5.74, 6) is 0.638. The number of alkyl halides is 1. The van der Waals surface area contributed by atoms with E-state index in [1.165, 1.54) is 32.1 Å². The highest BCUT2D eigenvalue weighted by molar-refractivity contribution is 6.17. The quantitative estimate of drug-likeness (QED) is 0.102. The van der Waals surface area contributed by atoms with Crippen LogP contribution >= 0.6 is 11.6 Å². The molecule has 0 amide bonds. The van der Waals surface area contributed by atoms with Crippen molar-refractivity contribution in [2.24, 2.45) is 0 Å². The maximum absolute atomic E-state index is 11.7. The second-order valence-corrected chi connectivity index (χ2v) is 8.31. The average Bonchev–Trinajstić information content (AvgIpc) is 2.71. The number of esters is 2. The van der Waals surface area contributed by atoms with Gasteiger partial charge in [-0.05, 0) is 32.1 Å². The van der Waals surface area contributed by atoms with Crippen molar-refractivity contribution in [3.63, 3.8) is 0 Å². The van der Waals surface area contributed by atoms with Gasteiger partial charge in [-0.2, -0.15) is 0 Å². The van der Waals surface area contributed by atoms with E-state index in [-0.39, 0.29) is 11.9 Å². The van der Waals surface area contributed by atoms with Crippen LogP contribution in [0, 0.1) is 0 Å². The Morgan fingerprint density at radius 1 is 0.552 bits per heavy atom. The molecule has 0 aliphatic heterocycles. The summed E-state index contributed by atoms with van der Waals surface area (Å²) < 4.78 is 10.5. The Morgan fingerprint density at radius 2 is 0.931 bits per heavy atom. The summed E-state index contributed by atoms with van der Waals surface area (Å²) in [7, 11) is 0. The van der Waals surface area contributed by atoms with Gasteiger partial charge in [-0.3, -0.25) is 9.59 Å². The van der Waals surface area contributed by atoms with E-state index in [0.717, 1.165) is 76.5 Å². The van der Waals surface area contributed by atoms with Gasteiger partial charge in [-0.1, -0.05) is 77.6 Å². The van der Waals surface area contributed by atoms with E-state index in [9.17, 15) is 9.59 Å². The molecule has 0 spiro atoms. The van der Waals surface area contributed by atoms with Crippen molar-refractivity contribution < 1.29 is 19.1 Å². The number of halogens is 1. The van der Waals surface area contributed by atoms with Crippen LogP contribution in [0.2, 0.25) is 0 Å². The van der Waals surface area contributed by atoms with Crippen molar-refractivity contribution in [1.29, 1.82) is 0 Å². The first-order valence-electron chi connectivity index (χ1n) is 12.1. The number of ether oxygens (including phenoxy) is 2. The lowest BCUT2D eigenvalue weighted by Gasteiger charge is -2.06. The van der Waals surface area contributed by atoms with Gasteiger partial charge in [-0.15, -0.1) is 11.6 Å². The third-order valence-electron chi connectivity index (χ3n) is 5.06. The second kappa shape index (κ2) is 23.5. The molecule has 0 radical (unpaired) electrons. The molecule has 0 unspecified atom stereocenters. The fraction of sp³-hybridized carbons (Fsp3) is 0.917. The van der Waals surface area contributed by atoms with Crippen LogP contribution in [0.15, 0.2) is 0 Å². The normalized spacial score (nSPS) is 10.8. The summed E-state index contributed by atoms with van der Waals surface area (Å²) in [5.41, 5.74) is 0. The van der Waals surface area contributed by atoms with E-state index in [1.54, 1.807) is 0 Å². The zero-order valence-electron chi connectivity index (χ0n) is 18.9. The SMILES string of the molecule is CCCCCCOC(=O)CCCCCCCCC(=O)OCCCCCCCCCl. The molecule has 0 saturated carbocycles. The smallest absolute Gasteiger partial charge is 0.305 e. The van der Waals surface area contributed by atoms with E-state index < -0.39 is 0 Å². The van der Waals surface area contributed by atoms with Crippen LogP contribution < -0.4 is 0 Å². The summed E-state index contributed by atoms with van der Waals surface area (Å²) in [6.45, 7) is 3.30. The molecular weight excluding hydrogens is 388 g/mol. The molecule has 0 aromatic carbocycles. The molecule has 0 aliphatic rings. The summed E-state index contributed by atoms with van der Waals surface area (Å²) in [4.78, 5) is 23.3. The maximum atomic E-state index is 11.7. The molecule has 29 heavy (non-hydrogen) atoms. The van der Waals surface area contributed by atoms with Crippen molar-refractivity contribution in [3.05, 3.63) is 0 Å². The van der Waals surface area contributed by atoms with Gasteiger partial charge >= 0.3 is 11.9 Å². The number of carbonyl (C=O) groups excluding carboxylic acids is 2. The zero-order valence-corrected chi connectivity index (χ0v) is 19.6. The molecule has 0 aromatic rings. The van der Waals surface area contributed by atoms with Gasteiger partial charge in [0.05, 0.1) is 13.2 Å². The Hall–Kier alpha value is -0.770. The Labute approximate surface area is 184 Å². The third kappa shape index (κ3) is 23.4. The Kier molecular flexibility index (Phi) is 22.9. The Balaban J connectivity index is 3.25. The van der Waals surface area contributed by atoms with Crippen LogP contribution in [-0.4, -0.2) is 31.0 Å². The van der Waals surface area contributed by atoms with Gasteiger partial charge in [0.15, 0.2) is 0 Å². The molecule has 4 nitrogen and oxygen atoms in total. The molecule has 0 heterocycles. The second-order valence-electron chi connectivity index (χ2n) is 7.93. The van der Waals surface area contributed by atoms with E-state index in [2.05, 4.69) is 6.92 Å². The minimum absolute atomic E-state index is 0.0560. The fourth-order valence-electron chi connectivity index (χ4n) is 3.19. The lowest BCUT2D eigenvalue weighted by Crippen LogP contribution is -2.06. The van der Waals surface area contributed by atoms with Crippen molar-refractivity contribution >= 4 is 23.5 Å². The molecule has 0 fully saturated rings. The summed E-state index contributed by atoms with van der Waals surface area (Å²) in [6, 6.07) is 0. The number of carbonyl (C=O) groups is 2. The highest BCUT2D eigenvalue weighted by Gasteiger charge is 2.04. The van der Waals surface area contributed by atoms with Crippen LogP contribution in [0.1, 0.15) is 122 Å². The van der Waals surface area contributed by atoms with Crippen molar-refractivity contribution in [2.45, 2.75) is 122 Å². The predicted octanol–water partition coefficient (Wildman–Crippen LogP) is 7.35. The molecule has 0 rings (SSSR count). The van der Waals surface area contributed by atoms with E-state index in [4.69, 9.17) is 21.1 Å². The van der Waals surface area contributed by atoms with Crippen molar-refractivity contribution in [1.82, 2.24) is 0 Å². The first-order valence-corrected chi connectivity index (χ1v) is 12.6. The molecule has 0 aromatic heterocycles. The third-order valence-corrected chi connectivity index (χ3v) is 5.33. The van der Waals surface area contributed by atoms with Crippen LogP contribution in [0.25, 0.3) is 0 Å². The summed E-state index contributed by atoms with van der Waals surface area (Å²) in [6.07, 6.45) is 18.6. The molecular formula is C24H45ClO4. The number of rotatable bonds is 22. The molecule has 0 aliphatic carbocycles. The minimum Gasteiger partial charge on any atom is -0.466 e. The van der Waals surface area contributed by atoms with Gasteiger partial charge in [0.25, 0.3) is 0 Å². The first kappa shape index (κ1) is 28.2. The van der Waals surface area contributed by atoms with Crippen molar-refractivity contribution in [2.75, 3.05) is 19.1 Å². The van der Waals surface area contributed by atoms with Gasteiger partial charge in [-0.25, -0.2) is 0 Å². The fourth-order valence-corrected chi connectivity index (χ4v) is 3.38. The largest absolute Gasteiger partial charge is 0.466 e. The van der Waals surface area contributed by atoms with Gasteiger partial charge in [0, 0.05) is 18.7 Å². The zero-order chi connectivity index (χ0) is 21.4. The molecule has 5 heteroatoms. The molecule has 0 bridgehead atoms. The van der Waals surface area contributed by atoms with Crippen LogP contribution in [0.4, 0.5) is 0 Å². The summed E-state index contributed by atoms with van der Waals surface area (Å²) >= 11 is 5.65. The Bertz CT molecular complexity index is 374. The molecule has 0 saturated heterocycles. The van der Waals surface area contributed by atoms with E-state index in [0.29, 0.717) is 26.1 Å². The first-order chi connectivity index (χ1) is 14.2. The maximum Gasteiger partial charge on any atom is 0.305 e. The van der Waals surface area contributed by atoms with Crippen LogP contribution in [0.3, 0.4) is 0 Å². The number of hydrogen-bond acceptors (Lipinski definition) is 4. The van der Waals surface area contributed by atoms with Gasteiger partial charge in [0.1, 0.15) is 0 Å². The van der Waals surface area contributed by atoms with Crippen molar-refractivity contribution in [3.8, 4) is 0 Å². The summed E-state index contributed by atoms with van der Waals surface area (Å²) in [5, 5.41) is 0. The predicted molar refractivity (Wildman–Crippen MR) is 121 cm³/mol. The minimum atomic E-state index is -0.0613. The van der Waals surface area contributed by atoms with Crippen LogP contribution in [0.5, 0.6) is 0 Å². The van der Waals surface area contributed by atoms with Gasteiger partial charge in [0.2, 0.25) is 0 Å². The Morgan fingerprint density at radius 3 is 1.38 bits per heavy atom. The topological polar surface area (TPSA) is 52.6 Å².